The largest absolute Gasteiger partial charge is 0.295 e. The molecule has 3 unspecified atom stereocenters. The van der Waals surface area contributed by atoms with E-state index in [4.69, 9.17) is 0 Å². The molecule has 0 aromatic heterocycles. The van der Waals surface area contributed by atoms with Gasteiger partial charge in [0.15, 0.2) is 0 Å². The van der Waals surface area contributed by atoms with Crippen molar-refractivity contribution < 1.29 is 0 Å². The molecule has 82 valence electrons. The van der Waals surface area contributed by atoms with Gasteiger partial charge < -0.3 is 0 Å². The van der Waals surface area contributed by atoms with E-state index in [1.54, 1.807) is 0 Å². The van der Waals surface area contributed by atoms with Crippen LogP contribution in [0.5, 0.6) is 0 Å². The van der Waals surface area contributed by atoms with Crippen molar-refractivity contribution in [2.24, 2.45) is 11.8 Å². The molecule has 3 fully saturated rings. The Hall–Kier alpha value is -0.0400. The van der Waals surface area contributed by atoms with Crippen LogP contribution >= 0.6 is 0 Å². The molecular weight excluding hydrogens is 170 g/mol. The van der Waals surface area contributed by atoms with Gasteiger partial charge in [0, 0.05) is 18.1 Å². The molecule has 0 amide bonds. The summed E-state index contributed by atoms with van der Waals surface area (Å²) in [7, 11) is 0. The predicted octanol–water partition coefficient (Wildman–Crippen LogP) is 3.30. The zero-order valence-electron chi connectivity index (χ0n) is 10.2. The zero-order chi connectivity index (χ0) is 10.3. The first-order valence-corrected chi connectivity index (χ1v) is 6.29. The molecule has 0 aromatic carbocycles. The van der Waals surface area contributed by atoms with Crippen LogP contribution in [0.3, 0.4) is 0 Å². The van der Waals surface area contributed by atoms with Crippen molar-refractivity contribution in [3.8, 4) is 0 Å². The second kappa shape index (κ2) is 3.52. The fourth-order valence-electron chi connectivity index (χ4n) is 3.55. The van der Waals surface area contributed by atoms with Gasteiger partial charge >= 0.3 is 0 Å². The van der Waals surface area contributed by atoms with Gasteiger partial charge in [-0.3, -0.25) is 4.90 Å². The number of nitrogens with zero attached hydrogens (tertiary/aromatic N) is 1. The van der Waals surface area contributed by atoms with Gasteiger partial charge in [-0.25, -0.2) is 0 Å². The molecule has 2 bridgehead atoms. The van der Waals surface area contributed by atoms with E-state index >= 15 is 0 Å². The maximum atomic E-state index is 2.78. The number of piperidine rings is 2. The van der Waals surface area contributed by atoms with Crippen molar-refractivity contribution >= 4 is 0 Å². The molecule has 1 aliphatic carbocycles. The lowest BCUT2D eigenvalue weighted by Gasteiger charge is -2.55. The minimum absolute atomic E-state index is 0.386. The molecule has 0 aromatic rings. The predicted molar refractivity (Wildman–Crippen MR) is 61.4 cm³/mol. The van der Waals surface area contributed by atoms with Crippen molar-refractivity contribution in [3.05, 3.63) is 0 Å². The Labute approximate surface area is 88.9 Å². The second-order valence-electron chi connectivity index (χ2n) is 6.24. The van der Waals surface area contributed by atoms with E-state index in [9.17, 15) is 0 Å². The average molecular weight is 195 g/mol. The summed E-state index contributed by atoms with van der Waals surface area (Å²) in [6.07, 6.45) is 5.84. The third-order valence-electron chi connectivity index (χ3n) is 4.29. The van der Waals surface area contributed by atoms with Crippen molar-refractivity contribution in [3.63, 3.8) is 0 Å². The van der Waals surface area contributed by atoms with E-state index in [0.29, 0.717) is 5.54 Å². The summed E-state index contributed by atoms with van der Waals surface area (Å²) in [6.45, 7) is 10.9. The molecule has 14 heavy (non-hydrogen) atoms. The maximum absolute atomic E-state index is 2.78. The molecule has 1 saturated carbocycles. The molecule has 3 aliphatic rings. The van der Waals surface area contributed by atoms with Gasteiger partial charge in [-0.15, -0.1) is 0 Å². The smallest absolute Gasteiger partial charge is 0.0129 e. The van der Waals surface area contributed by atoms with Gasteiger partial charge in [0.25, 0.3) is 0 Å². The highest BCUT2D eigenvalue weighted by atomic mass is 15.2. The highest BCUT2D eigenvalue weighted by Gasteiger charge is 2.43. The van der Waals surface area contributed by atoms with E-state index in [0.717, 1.165) is 17.9 Å². The van der Waals surface area contributed by atoms with Gasteiger partial charge in [0.05, 0.1) is 0 Å². The third-order valence-corrected chi connectivity index (χ3v) is 4.29. The fourth-order valence-corrected chi connectivity index (χ4v) is 3.55. The molecular formula is C13H25N. The Balaban J connectivity index is 2.14. The quantitative estimate of drug-likeness (QED) is 0.620. The van der Waals surface area contributed by atoms with Gasteiger partial charge in [0.1, 0.15) is 0 Å². The van der Waals surface area contributed by atoms with Gasteiger partial charge in [-0.2, -0.15) is 0 Å². The summed E-state index contributed by atoms with van der Waals surface area (Å²) >= 11 is 0. The van der Waals surface area contributed by atoms with E-state index in [1.807, 2.05) is 0 Å². The number of hydrogen-bond donors (Lipinski definition) is 0. The Morgan fingerprint density at radius 1 is 1.21 bits per heavy atom. The molecule has 3 rings (SSSR count). The third kappa shape index (κ3) is 1.71. The van der Waals surface area contributed by atoms with Crippen LogP contribution in [0.25, 0.3) is 0 Å². The van der Waals surface area contributed by atoms with Crippen LogP contribution in [0.15, 0.2) is 0 Å². The normalized spacial score (nSPS) is 39.0. The molecule has 0 radical (unpaired) electrons. The van der Waals surface area contributed by atoms with Crippen LogP contribution in [0.4, 0.5) is 0 Å². The van der Waals surface area contributed by atoms with Crippen LogP contribution < -0.4 is 0 Å². The highest BCUT2D eigenvalue weighted by molar-refractivity contribution is 4.97. The Kier molecular flexibility index (Phi) is 2.63. The van der Waals surface area contributed by atoms with Crippen molar-refractivity contribution in [1.29, 1.82) is 0 Å². The summed E-state index contributed by atoms with van der Waals surface area (Å²) in [5, 5.41) is 0. The Bertz CT molecular complexity index is 204. The fraction of sp³-hybridized carbons (Fsp3) is 1.00. The first-order chi connectivity index (χ1) is 6.52. The van der Waals surface area contributed by atoms with Crippen LogP contribution in [-0.4, -0.2) is 23.0 Å². The SMILES string of the molecule is CCC1CC2CCC1N(C(C)(C)C)C2. The summed E-state index contributed by atoms with van der Waals surface area (Å²) in [6, 6.07) is 0.894. The molecule has 2 saturated heterocycles. The van der Waals surface area contributed by atoms with Crippen LogP contribution in [0.2, 0.25) is 0 Å². The first-order valence-electron chi connectivity index (χ1n) is 6.29. The van der Waals surface area contributed by atoms with E-state index in [1.165, 1.54) is 32.2 Å². The molecule has 2 aliphatic heterocycles. The number of rotatable bonds is 1. The second-order valence-corrected chi connectivity index (χ2v) is 6.24. The molecule has 1 nitrogen and oxygen atoms in total. The van der Waals surface area contributed by atoms with Gasteiger partial charge in [-0.1, -0.05) is 13.3 Å². The Morgan fingerprint density at radius 2 is 1.93 bits per heavy atom. The summed E-state index contributed by atoms with van der Waals surface area (Å²) in [5.41, 5.74) is 0.386. The summed E-state index contributed by atoms with van der Waals surface area (Å²) in [4.78, 5) is 2.78. The van der Waals surface area contributed by atoms with Crippen molar-refractivity contribution in [2.45, 2.75) is 65.0 Å². The lowest BCUT2D eigenvalue weighted by Crippen LogP contribution is -2.59. The standard InChI is InChI=1S/C13H25N/c1-5-11-8-10-6-7-12(11)14(9-10)13(2,3)4/h10-12H,5-9H2,1-4H3. The average Bonchev–Trinajstić information content (AvgIpc) is 2.17. The van der Waals surface area contributed by atoms with E-state index in [-0.39, 0.29) is 0 Å². The van der Waals surface area contributed by atoms with E-state index in [2.05, 4.69) is 32.6 Å². The van der Waals surface area contributed by atoms with E-state index < -0.39 is 0 Å². The molecule has 3 atom stereocenters. The van der Waals surface area contributed by atoms with Crippen LogP contribution in [-0.2, 0) is 0 Å². The van der Waals surface area contributed by atoms with Crippen LogP contribution in [0.1, 0.15) is 53.4 Å². The van der Waals surface area contributed by atoms with Crippen LogP contribution in [0, 0.1) is 11.8 Å². The topological polar surface area (TPSA) is 3.24 Å². The van der Waals surface area contributed by atoms with Crippen molar-refractivity contribution in [2.75, 3.05) is 6.54 Å². The lowest BCUT2D eigenvalue weighted by molar-refractivity contribution is -0.0533. The highest BCUT2D eigenvalue weighted by Crippen LogP contribution is 2.43. The number of hydrogen-bond acceptors (Lipinski definition) is 1. The minimum Gasteiger partial charge on any atom is -0.295 e. The van der Waals surface area contributed by atoms with Crippen molar-refractivity contribution in [1.82, 2.24) is 4.90 Å². The monoisotopic (exact) mass is 195 g/mol. The van der Waals surface area contributed by atoms with Gasteiger partial charge in [0.2, 0.25) is 0 Å². The maximum Gasteiger partial charge on any atom is 0.0129 e. The summed E-state index contributed by atoms with van der Waals surface area (Å²) < 4.78 is 0. The first kappa shape index (κ1) is 10.5. The zero-order valence-corrected chi connectivity index (χ0v) is 10.2. The molecule has 0 spiro atoms. The molecule has 1 heteroatoms. The molecule has 2 heterocycles. The minimum atomic E-state index is 0.386. The summed E-state index contributed by atoms with van der Waals surface area (Å²) in [5.74, 6) is 1.99. The Morgan fingerprint density at radius 3 is 2.43 bits per heavy atom. The molecule has 0 N–H and O–H groups in total. The number of fused-ring (bicyclic) bond motifs is 3. The lowest BCUT2D eigenvalue weighted by atomic mass is 9.70. The van der Waals surface area contributed by atoms with Gasteiger partial charge in [-0.05, 0) is 51.9 Å².